The maximum absolute atomic E-state index is 9.56. The molecular formula is C13H27NO. The van der Waals surface area contributed by atoms with Crippen LogP contribution in [-0.4, -0.2) is 23.8 Å². The summed E-state index contributed by atoms with van der Waals surface area (Å²) in [4.78, 5) is 0. The largest absolute Gasteiger partial charge is 0.394 e. The molecule has 2 heteroatoms. The van der Waals surface area contributed by atoms with Crippen molar-refractivity contribution in [2.75, 3.05) is 13.2 Å². The lowest BCUT2D eigenvalue weighted by molar-refractivity contribution is 0.0963. The molecular weight excluding hydrogens is 186 g/mol. The Morgan fingerprint density at radius 3 is 2.20 bits per heavy atom. The van der Waals surface area contributed by atoms with Crippen LogP contribution in [0, 0.1) is 11.3 Å². The molecule has 0 heterocycles. The van der Waals surface area contributed by atoms with Gasteiger partial charge in [0.05, 0.1) is 6.61 Å². The number of hydrogen-bond donors (Lipinski definition) is 2. The highest BCUT2D eigenvalue weighted by Gasteiger charge is 2.33. The first-order valence-corrected chi connectivity index (χ1v) is 6.23. The molecule has 0 aromatic carbocycles. The Hall–Kier alpha value is -0.0800. The molecule has 0 bridgehead atoms. The van der Waals surface area contributed by atoms with E-state index in [4.69, 9.17) is 0 Å². The predicted octanol–water partition coefficient (Wildman–Crippen LogP) is 2.56. The van der Waals surface area contributed by atoms with Crippen molar-refractivity contribution < 1.29 is 5.11 Å². The molecule has 1 saturated carbocycles. The second-order valence-electron chi connectivity index (χ2n) is 6.54. The summed E-state index contributed by atoms with van der Waals surface area (Å²) in [5, 5.41) is 13.2. The molecule has 90 valence electrons. The maximum Gasteiger partial charge on any atom is 0.0613 e. The monoisotopic (exact) mass is 213 g/mol. The third-order valence-corrected chi connectivity index (χ3v) is 3.53. The molecule has 15 heavy (non-hydrogen) atoms. The van der Waals surface area contributed by atoms with E-state index in [1.807, 2.05) is 0 Å². The van der Waals surface area contributed by atoms with Crippen molar-refractivity contribution in [1.82, 2.24) is 5.32 Å². The van der Waals surface area contributed by atoms with Crippen molar-refractivity contribution in [1.29, 1.82) is 0 Å². The van der Waals surface area contributed by atoms with E-state index in [1.165, 1.54) is 12.8 Å². The molecule has 1 fully saturated rings. The van der Waals surface area contributed by atoms with Crippen LogP contribution in [0.3, 0.4) is 0 Å². The minimum Gasteiger partial charge on any atom is -0.394 e. The van der Waals surface area contributed by atoms with Gasteiger partial charge in [-0.2, -0.15) is 0 Å². The second-order valence-corrected chi connectivity index (χ2v) is 6.54. The molecule has 1 aliphatic rings. The van der Waals surface area contributed by atoms with Gasteiger partial charge in [-0.25, -0.2) is 0 Å². The van der Waals surface area contributed by atoms with Gasteiger partial charge in [-0.3, -0.25) is 0 Å². The lowest BCUT2D eigenvalue weighted by Crippen LogP contribution is -2.53. The van der Waals surface area contributed by atoms with E-state index in [1.54, 1.807) is 0 Å². The molecule has 0 atom stereocenters. The zero-order chi connectivity index (χ0) is 11.5. The highest BCUT2D eigenvalue weighted by atomic mass is 16.3. The summed E-state index contributed by atoms with van der Waals surface area (Å²) >= 11 is 0. The summed E-state index contributed by atoms with van der Waals surface area (Å²) < 4.78 is 0. The van der Waals surface area contributed by atoms with Crippen molar-refractivity contribution in [2.45, 2.75) is 58.9 Å². The predicted molar refractivity (Wildman–Crippen MR) is 64.9 cm³/mol. The highest BCUT2D eigenvalue weighted by Crippen LogP contribution is 2.32. The molecule has 2 nitrogen and oxygen atoms in total. The van der Waals surface area contributed by atoms with Crippen LogP contribution in [0.4, 0.5) is 0 Å². The number of aliphatic hydroxyl groups is 1. The summed E-state index contributed by atoms with van der Waals surface area (Å²) in [7, 11) is 0. The third-order valence-electron chi connectivity index (χ3n) is 3.53. The van der Waals surface area contributed by atoms with E-state index in [0.717, 1.165) is 25.3 Å². The molecule has 1 rings (SSSR count). The maximum atomic E-state index is 9.56. The first-order valence-electron chi connectivity index (χ1n) is 6.23. The molecule has 0 saturated heterocycles. The summed E-state index contributed by atoms with van der Waals surface area (Å²) in [6.07, 6.45) is 4.75. The zero-order valence-corrected chi connectivity index (χ0v) is 10.8. The van der Waals surface area contributed by atoms with Crippen molar-refractivity contribution in [2.24, 2.45) is 11.3 Å². The van der Waals surface area contributed by atoms with Gasteiger partial charge >= 0.3 is 0 Å². The summed E-state index contributed by atoms with van der Waals surface area (Å²) in [5.74, 6) is 0.834. The SMILES string of the molecule is CC1CCC(CO)(NCC(C)(C)C)CC1. The van der Waals surface area contributed by atoms with E-state index >= 15 is 0 Å². The zero-order valence-electron chi connectivity index (χ0n) is 10.8. The number of hydrogen-bond acceptors (Lipinski definition) is 2. The van der Waals surface area contributed by atoms with Gasteiger partial charge in [0, 0.05) is 12.1 Å². The van der Waals surface area contributed by atoms with E-state index < -0.39 is 0 Å². The van der Waals surface area contributed by atoms with Crippen LogP contribution in [0.15, 0.2) is 0 Å². The first-order chi connectivity index (χ1) is 6.87. The Kier molecular flexibility index (Phi) is 4.19. The van der Waals surface area contributed by atoms with E-state index in [0.29, 0.717) is 5.41 Å². The third kappa shape index (κ3) is 4.12. The van der Waals surface area contributed by atoms with E-state index in [-0.39, 0.29) is 12.1 Å². The molecule has 1 aliphatic carbocycles. The smallest absolute Gasteiger partial charge is 0.0613 e. The van der Waals surface area contributed by atoms with Crippen molar-refractivity contribution in [3.05, 3.63) is 0 Å². The summed E-state index contributed by atoms with van der Waals surface area (Å²) in [6.45, 7) is 10.3. The fourth-order valence-electron chi connectivity index (χ4n) is 2.16. The van der Waals surface area contributed by atoms with Gasteiger partial charge in [0.25, 0.3) is 0 Å². The van der Waals surface area contributed by atoms with Crippen LogP contribution in [0.2, 0.25) is 0 Å². The van der Waals surface area contributed by atoms with Crippen molar-refractivity contribution in [3.63, 3.8) is 0 Å². The summed E-state index contributed by atoms with van der Waals surface area (Å²) in [5.41, 5.74) is 0.311. The topological polar surface area (TPSA) is 32.3 Å². The molecule has 0 aromatic heterocycles. The Bertz CT molecular complexity index is 187. The minimum absolute atomic E-state index is 0.0137. The standard InChI is InChI=1S/C13H27NO/c1-11-5-7-13(10-15,8-6-11)14-9-12(2,3)4/h11,14-15H,5-10H2,1-4H3. The average Bonchev–Trinajstić information content (AvgIpc) is 2.17. The molecule has 0 unspecified atom stereocenters. The Labute approximate surface area is 94.5 Å². The Morgan fingerprint density at radius 1 is 1.27 bits per heavy atom. The van der Waals surface area contributed by atoms with E-state index in [2.05, 4.69) is 33.0 Å². The average molecular weight is 213 g/mol. The Balaban J connectivity index is 2.47. The van der Waals surface area contributed by atoms with Crippen LogP contribution < -0.4 is 5.32 Å². The molecule has 0 aromatic rings. The lowest BCUT2D eigenvalue weighted by Gasteiger charge is -2.40. The fourth-order valence-corrected chi connectivity index (χ4v) is 2.16. The van der Waals surface area contributed by atoms with Crippen LogP contribution in [-0.2, 0) is 0 Å². The Morgan fingerprint density at radius 2 is 1.80 bits per heavy atom. The molecule has 0 radical (unpaired) electrons. The molecule has 0 spiro atoms. The van der Waals surface area contributed by atoms with Gasteiger partial charge in [0.15, 0.2) is 0 Å². The van der Waals surface area contributed by atoms with Gasteiger partial charge in [-0.05, 0) is 37.0 Å². The molecule has 2 N–H and O–H groups in total. The molecule has 0 aliphatic heterocycles. The second kappa shape index (κ2) is 4.84. The summed E-state index contributed by atoms with van der Waals surface area (Å²) in [6, 6.07) is 0. The fraction of sp³-hybridized carbons (Fsp3) is 1.00. The first kappa shape index (κ1) is 13.0. The quantitative estimate of drug-likeness (QED) is 0.755. The highest BCUT2D eigenvalue weighted by molar-refractivity contribution is 4.92. The normalized spacial score (nSPS) is 33.0. The van der Waals surface area contributed by atoms with Crippen LogP contribution in [0.5, 0.6) is 0 Å². The minimum atomic E-state index is 0.0137. The van der Waals surface area contributed by atoms with Gasteiger partial charge < -0.3 is 10.4 Å². The van der Waals surface area contributed by atoms with Gasteiger partial charge in [0.1, 0.15) is 0 Å². The van der Waals surface area contributed by atoms with Gasteiger partial charge in [0.2, 0.25) is 0 Å². The van der Waals surface area contributed by atoms with Crippen LogP contribution in [0.25, 0.3) is 0 Å². The number of aliphatic hydroxyl groups excluding tert-OH is 1. The van der Waals surface area contributed by atoms with Crippen LogP contribution in [0.1, 0.15) is 53.4 Å². The van der Waals surface area contributed by atoms with Crippen molar-refractivity contribution in [3.8, 4) is 0 Å². The lowest BCUT2D eigenvalue weighted by atomic mass is 9.77. The van der Waals surface area contributed by atoms with E-state index in [9.17, 15) is 5.11 Å². The molecule has 0 amide bonds. The van der Waals surface area contributed by atoms with Crippen molar-refractivity contribution >= 4 is 0 Å². The van der Waals surface area contributed by atoms with Gasteiger partial charge in [-0.1, -0.05) is 27.7 Å². The number of nitrogens with one attached hydrogen (secondary N) is 1. The number of rotatable bonds is 3. The van der Waals surface area contributed by atoms with Crippen LogP contribution >= 0.6 is 0 Å². The van der Waals surface area contributed by atoms with Gasteiger partial charge in [-0.15, -0.1) is 0 Å².